The number of nitrogens with zero attached hydrogens (tertiary/aromatic N) is 2. The van der Waals surface area contributed by atoms with E-state index in [2.05, 4.69) is 9.97 Å². The van der Waals surface area contributed by atoms with Crippen LogP contribution in [0.3, 0.4) is 0 Å². The van der Waals surface area contributed by atoms with Gasteiger partial charge in [0.05, 0.1) is 7.11 Å². The van der Waals surface area contributed by atoms with Crippen LogP contribution in [0.25, 0.3) is 0 Å². The zero-order valence-electron chi connectivity index (χ0n) is 8.65. The first-order valence-corrected chi connectivity index (χ1v) is 4.30. The molecule has 0 saturated heterocycles. The van der Waals surface area contributed by atoms with Crippen molar-refractivity contribution in [3.63, 3.8) is 0 Å². The highest BCUT2D eigenvalue weighted by Gasteiger charge is 2.12. The molecule has 78 valence electrons. The summed E-state index contributed by atoms with van der Waals surface area (Å²) in [5, 5.41) is 0. The molecule has 1 rings (SSSR count). The Morgan fingerprint density at radius 3 is 2.79 bits per heavy atom. The Labute approximate surface area is 83.3 Å². The van der Waals surface area contributed by atoms with Crippen molar-refractivity contribution < 1.29 is 9.47 Å². The van der Waals surface area contributed by atoms with Crippen molar-refractivity contribution in [1.82, 2.24) is 9.97 Å². The van der Waals surface area contributed by atoms with Crippen LogP contribution < -0.4 is 15.2 Å². The number of rotatable bonds is 4. The zero-order valence-corrected chi connectivity index (χ0v) is 8.65. The van der Waals surface area contributed by atoms with Gasteiger partial charge in [-0.15, -0.1) is 0 Å². The first-order chi connectivity index (χ1) is 6.51. The Morgan fingerprint density at radius 1 is 1.50 bits per heavy atom. The van der Waals surface area contributed by atoms with E-state index in [9.17, 15) is 0 Å². The average Bonchev–Trinajstić information content (AvgIpc) is 2.14. The molecule has 0 aliphatic rings. The molecular weight excluding hydrogens is 182 g/mol. The monoisotopic (exact) mass is 197 g/mol. The Kier molecular flexibility index (Phi) is 3.24. The lowest BCUT2D eigenvalue weighted by Gasteiger charge is -2.17. The minimum Gasteiger partial charge on any atom is -0.481 e. The van der Waals surface area contributed by atoms with Crippen LogP contribution in [0, 0.1) is 0 Å². The van der Waals surface area contributed by atoms with Crippen LogP contribution >= 0.6 is 0 Å². The Morgan fingerprint density at radius 2 is 2.21 bits per heavy atom. The van der Waals surface area contributed by atoms with Crippen LogP contribution in [-0.4, -0.2) is 29.2 Å². The first-order valence-electron chi connectivity index (χ1n) is 4.30. The van der Waals surface area contributed by atoms with Crippen LogP contribution in [0.1, 0.15) is 13.8 Å². The van der Waals surface area contributed by atoms with Crippen LogP contribution in [0.2, 0.25) is 0 Å². The predicted octanol–water partition coefficient (Wildman–Crippen LogP) is 0.601. The van der Waals surface area contributed by atoms with Gasteiger partial charge in [0.25, 0.3) is 0 Å². The Bertz CT molecular complexity index is 296. The molecule has 0 radical (unpaired) electrons. The molecular formula is C9H15N3O2. The van der Waals surface area contributed by atoms with E-state index in [1.54, 1.807) is 19.4 Å². The van der Waals surface area contributed by atoms with Crippen LogP contribution in [-0.2, 0) is 0 Å². The summed E-state index contributed by atoms with van der Waals surface area (Å²) in [6.45, 7) is 4.10. The summed E-state index contributed by atoms with van der Waals surface area (Å²) in [7, 11) is 1.54. The van der Waals surface area contributed by atoms with Gasteiger partial charge in [-0.05, 0) is 13.8 Å². The summed E-state index contributed by atoms with van der Waals surface area (Å²) in [5.41, 5.74) is 5.35. The molecule has 0 unspecified atom stereocenters. The van der Waals surface area contributed by atoms with Crippen molar-refractivity contribution >= 4 is 0 Å². The Hall–Kier alpha value is -1.36. The van der Waals surface area contributed by atoms with Gasteiger partial charge in [0.1, 0.15) is 6.61 Å². The molecule has 0 bridgehead atoms. The smallest absolute Gasteiger partial charge is 0.319 e. The highest BCUT2D eigenvalue weighted by atomic mass is 16.5. The minimum atomic E-state index is -0.396. The summed E-state index contributed by atoms with van der Waals surface area (Å²) in [4.78, 5) is 7.90. The zero-order chi connectivity index (χ0) is 10.6. The van der Waals surface area contributed by atoms with Crippen molar-refractivity contribution in [2.24, 2.45) is 5.73 Å². The quantitative estimate of drug-likeness (QED) is 0.765. The first kappa shape index (κ1) is 10.7. The van der Waals surface area contributed by atoms with Crippen LogP contribution in [0.5, 0.6) is 11.9 Å². The molecule has 0 aliphatic carbocycles. The van der Waals surface area contributed by atoms with Crippen molar-refractivity contribution in [2.45, 2.75) is 19.4 Å². The fourth-order valence-electron chi connectivity index (χ4n) is 0.759. The van der Waals surface area contributed by atoms with E-state index in [0.717, 1.165) is 0 Å². The van der Waals surface area contributed by atoms with Gasteiger partial charge in [0, 0.05) is 17.8 Å². The lowest BCUT2D eigenvalue weighted by atomic mass is 10.1. The molecule has 0 aromatic carbocycles. The summed E-state index contributed by atoms with van der Waals surface area (Å²) in [6, 6.07) is 1.93. The van der Waals surface area contributed by atoms with Gasteiger partial charge >= 0.3 is 6.01 Å². The second-order valence-electron chi connectivity index (χ2n) is 3.66. The standard InChI is InChI=1S/C9H15N3O2/c1-9(2,10)6-14-8-11-5-4-7(12-8)13-3/h4-5H,6,10H2,1-3H3. The van der Waals surface area contributed by atoms with Gasteiger partial charge in [-0.2, -0.15) is 4.98 Å². The van der Waals surface area contributed by atoms with Gasteiger partial charge in [0.15, 0.2) is 0 Å². The maximum Gasteiger partial charge on any atom is 0.319 e. The predicted molar refractivity (Wildman–Crippen MR) is 52.3 cm³/mol. The number of hydrogen-bond donors (Lipinski definition) is 1. The maximum atomic E-state index is 5.74. The summed E-state index contributed by atoms with van der Waals surface area (Å²) < 4.78 is 10.2. The van der Waals surface area contributed by atoms with Crippen molar-refractivity contribution in [3.8, 4) is 11.9 Å². The molecule has 0 atom stereocenters. The molecule has 0 spiro atoms. The fraction of sp³-hybridized carbons (Fsp3) is 0.556. The highest BCUT2D eigenvalue weighted by molar-refractivity contribution is 5.10. The van der Waals surface area contributed by atoms with Gasteiger partial charge in [-0.25, -0.2) is 4.98 Å². The topological polar surface area (TPSA) is 70.3 Å². The van der Waals surface area contributed by atoms with Gasteiger partial charge in [-0.1, -0.05) is 0 Å². The summed E-state index contributed by atoms with van der Waals surface area (Å²) in [5.74, 6) is 0.477. The SMILES string of the molecule is COc1ccnc(OCC(C)(C)N)n1. The molecule has 1 aromatic rings. The molecule has 5 nitrogen and oxygen atoms in total. The third kappa shape index (κ3) is 3.57. The van der Waals surface area contributed by atoms with E-state index in [1.165, 1.54) is 0 Å². The van der Waals surface area contributed by atoms with E-state index in [0.29, 0.717) is 12.5 Å². The maximum absolute atomic E-state index is 5.74. The van der Waals surface area contributed by atoms with E-state index in [4.69, 9.17) is 15.2 Å². The third-order valence-corrected chi connectivity index (χ3v) is 1.39. The van der Waals surface area contributed by atoms with Crippen molar-refractivity contribution in [2.75, 3.05) is 13.7 Å². The molecule has 0 fully saturated rings. The minimum absolute atomic E-state index is 0.280. The number of ether oxygens (including phenoxy) is 2. The van der Waals surface area contributed by atoms with E-state index in [1.807, 2.05) is 13.8 Å². The second kappa shape index (κ2) is 4.23. The molecule has 1 aromatic heterocycles. The van der Waals surface area contributed by atoms with Gasteiger partial charge < -0.3 is 15.2 Å². The largest absolute Gasteiger partial charge is 0.481 e. The lowest BCUT2D eigenvalue weighted by molar-refractivity contribution is 0.223. The summed E-state index contributed by atoms with van der Waals surface area (Å²) in [6.07, 6.45) is 1.57. The summed E-state index contributed by atoms with van der Waals surface area (Å²) >= 11 is 0. The third-order valence-electron chi connectivity index (χ3n) is 1.39. The molecule has 2 N–H and O–H groups in total. The average molecular weight is 197 g/mol. The highest BCUT2D eigenvalue weighted by Crippen LogP contribution is 2.10. The molecule has 14 heavy (non-hydrogen) atoms. The molecule has 0 saturated carbocycles. The van der Waals surface area contributed by atoms with E-state index in [-0.39, 0.29) is 6.01 Å². The van der Waals surface area contributed by atoms with E-state index < -0.39 is 5.54 Å². The molecule has 0 aliphatic heterocycles. The van der Waals surface area contributed by atoms with E-state index >= 15 is 0 Å². The Balaban J connectivity index is 2.59. The number of nitrogens with two attached hydrogens (primary N) is 1. The second-order valence-corrected chi connectivity index (χ2v) is 3.66. The number of aromatic nitrogens is 2. The van der Waals surface area contributed by atoms with Crippen molar-refractivity contribution in [1.29, 1.82) is 0 Å². The molecule has 1 heterocycles. The lowest BCUT2D eigenvalue weighted by Crippen LogP contribution is -2.38. The van der Waals surface area contributed by atoms with Crippen molar-refractivity contribution in [3.05, 3.63) is 12.3 Å². The molecule has 0 amide bonds. The fourth-order valence-corrected chi connectivity index (χ4v) is 0.759. The van der Waals surface area contributed by atoms with Gasteiger partial charge in [0.2, 0.25) is 5.88 Å². The number of hydrogen-bond acceptors (Lipinski definition) is 5. The molecule has 5 heteroatoms. The number of methoxy groups -OCH3 is 1. The van der Waals surface area contributed by atoms with Gasteiger partial charge in [-0.3, -0.25) is 0 Å². The normalized spacial score (nSPS) is 11.1. The van der Waals surface area contributed by atoms with Crippen LogP contribution in [0.15, 0.2) is 12.3 Å². The van der Waals surface area contributed by atoms with Crippen LogP contribution in [0.4, 0.5) is 0 Å².